The van der Waals surface area contributed by atoms with E-state index in [4.69, 9.17) is 4.42 Å². The van der Waals surface area contributed by atoms with Crippen LogP contribution in [0.15, 0.2) is 205 Å². The first-order valence-corrected chi connectivity index (χ1v) is 19.8. The quantitative estimate of drug-likeness (QED) is 0.169. The summed E-state index contributed by atoms with van der Waals surface area (Å²) in [4.78, 5) is 2.46. The van der Waals surface area contributed by atoms with Gasteiger partial charge in [0.15, 0.2) is 0 Å². The second kappa shape index (κ2) is 13.0. The summed E-state index contributed by atoms with van der Waals surface area (Å²) in [6, 6.07) is 72.5. The zero-order valence-electron chi connectivity index (χ0n) is 31.9. The van der Waals surface area contributed by atoms with Crippen LogP contribution in [0.3, 0.4) is 0 Å². The van der Waals surface area contributed by atoms with E-state index in [-0.39, 0.29) is 5.41 Å². The molecule has 0 amide bonds. The number of benzene rings is 9. The second-order valence-corrected chi connectivity index (χ2v) is 15.7. The molecule has 0 spiro atoms. The number of hydrogen-bond donors (Lipinski definition) is 0. The SMILES string of the molecule is CC1(C)c2ccccc2-c2ccc(N(c3ccccc3-c3ccccc3)c3cccc4oc5c6ccccc6c(-c6cccc(-c7ccccc7)c6)cc5c34)cc21. The van der Waals surface area contributed by atoms with Crippen molar-refractivity contribution in [3.63, 3.8) is 0 Å². The first-order valence-electron chi connectivity index (χ1n) is 19.8. The fourth-order valence-corrected chi connectivity index (χ4v) is 9.32. The second-order valence-electron chi connectivity index (χ2n) is 15.7. The largest absolute Gasteiger partial charge is 0.455 e. The number of hydrogen-bond acceptors (Lipinski definition) is 2. The molecule has 0 N–H and O–H groups in total. The lowest BCUT2D eigenvalue weighted by Gasteiger charge is -2.30. The third-order valence-corrected chi connectivity index (χ3v) is 12.1. The fourth-order valence-electron chi connectivity index (χ4n) is 9.32. The molecule has 1 aliphatic carbocycles. The summed E-state index contributed by atoms with van der Waals surface area (Å²) in [6.07, 6.45) is 0. The molecule has 57 heavy (non-hydrogen) atoms. The highest BCUT2D eigenvalue weighted by atomic mass is 16.3. The van der Waals surface area contributed by atoms with Gasteiger partial charge in [-0.3, -0.25) is 0 Å². The highest BCUT2D eigenvalue weighted by Gasteiger charge is 2.36. The van der Waals surface area contributed by atoms with Crippen LogP contribution in [-0.4, -0.2) is 0 Å². The van der Waals surface area contributed by atoms with Crippen molar-refractivity contribution in [2.24, 2.45) is 0 Å². The molecule has 0 atom stereocenters. The van der Waals surface area contributed by atoms with Crippen LogP contribution in [0.2, 0.25) is 0 Å². The molecule has 10 aromatic rings. The van der Waals surface area contributed by atoms with E-state index in [2.05, 4.69) is 219 Å². The van der Waals surface area contributed by atoms with Crippen molar-refractivity contribution in [1.82, 2.24) is 0 Å². The van der Waals surface area contributed by atoms with Gasteiger partial charge in [0, 0.05) is 27.4 Å². The zero-order chi connectivity index (χ0) is 38.1. The van der Waals surface area contributed by atoms with Crippen molar-refractivity contribution in [2.45, 2.75) is 19.3 Å². The maximum Gasteiger partial charge on any atom is 0.143 e. The lowest BCUT2D eigenvalue weighted by atomic mass is 9.82. The Kier molecular flexibility index (Phi) is 7.55. The van der Waals surface area contributed by atoms with Gasteiger partial charge in [-0.15, -0.1) is 0 Å². The lowest BCUT2D eigenvalue weighted by molar-refractivity contribution is 0.660. The molecule has 0 fully saturated rings. The summed E-state index contributed by atoms with van der Waals surface area (Å²) in [5.41, 5.74) is 17.3. The number of para-hydroxylation sites is 1. The Balaban J connectivity index is 1.20. The first kappa shape index (κ1) is 33.2. The normalized spacial score (nSPS) is 12.9. The van der Waals surface area contributed by atoms with Crippen LogP contribution in [0.1, 0.15) is 25.0 Å². The number of nitrogens with zero attached hydrogens (tertiary/aromatic N) is 1. The molecule has 9 aromatic carbocycles. The van der Waals surface area contributed by atoms with Crippen molar-refractivity contribution in [2.75, 3.05) is 4.90 Å². The summed E-state index contributed by atoms with van der Waals surface area (Å²) in [6.45, 7) is 4.71. The molecule has 0 unspecified atom stereocenters. The van der Waals surface area contributed by atoms with Crippen molar-refractivity contribution in [1.29, 1.82) is 0 Å². The molecule has 2 nitrogen and oxygen atoms in total. The Morgan fingerprint density at radius 1 is 0.386 bits per heavy atom. The van der Waals surface area contributed by atoms with E-state index in [0.717, 1.165) is 50.0 Å². The van der Waals surface area contributed by atoms with Crippen LogP contribution < -0.4 is 4.90 Å². The van der Waals surface area contributed by atoms with Crippen LogP contribution in [0.4, 0.5) is 17.1 Å². The molecule has 270 valence electrons. The van der Waals surface area contributed by atoms with Crippen molar-refractivity contribution in [3.05, 3.63) is 211 Å². The Hall–Kier alpha value is -7.16. The first-order chi connectivity index (χ1) is 28.0. The average Bonchev–Trinajstić information content (AvgIpc) is 3.77. The molecule has 0 saturated carbocycles. The number of rotatable bonds is 6. The fraction of sp³-hybridized carbons (Fsp3) is 0.0545. The molecular formula is C55H39NO. The van der Waals surface area contributed by atoms with Gasteiger partial charge in [0.25, 0.3) is 0 Å². The van der Waals surface area contributed by atoms with E-state index in [0.29, 0.717) is 0 Å². The molecular weight excluding hydrogens is 691 g/mol. The Morgan fingerprint density at radius 3 is 1.82 bits per heavy atom. The van der Waals surface area contributed by atoms with Crippen molar-refractivity contribution in [3.8, 4) is 44.5 Å². The average molecular weight is 730 g/mol. The van der Waals surface area contributed by atoms with E-state index in [9.17, 15) is 0 Å². The smallest absolute Gasteiger partial charge is 0.143 e. The van der Waals surface area contributed by atoms with Crippen molar-refractivity contribution >= 4 is 49.8 Å². The molecule has 11 rings (SSSR count). The van der Waals surface area contributed by atoms with Gasteiger partial charge >= 0.3 is 0 Å². The third-order valence-electron chi connectivity index (χ3n) is 12.1. The minimum atomic E-state index is -0.150. The van der Waals surface area contributed by atoms with Gasteiger partial charge in [-0.2, -0.15) is 0 Å². The van der Waals surface area contributed by atoms with Crippen molar-refractivity contribution < 1.29 is 4.42 Å². The predicted octanol–water partition coefficient (Wildman–Crippen LogP) is 15.5. The van der Waals surface area contributed by atoms with Gasteiger partial charge in [0.05, 0.1) is 16.8 Å². The van der Waals surface area contributed by atoms with Gasteiger partial charge in [0.1, 0.15) is 11.2 Å². The highest BCUT2D eigenvalue weighted by Crippen LogP contribution is 2.53. The lowest BCUT2D eigenvalue weighted by Crippen LogP contribution is -2.17. The van der Waals surface area contributed by atoms with Gasteiger partial charge in [-0.05, 0) is 97.9 Å². The molecule has 0 radical (unpaired) electrons. The van der Waals surface area contributed by atoms with Gasteiger partial charge < -0.3 is 9.32 Å². The van der Waals surface area contributed by atoms with Crippen LogP contribution >= 0.6 is 0 Å². The molecule has 0 bridgehead atoms. The number of anilines is 3. The monoisotopic (exact) mass is 729 g/mol. The summed E-state index contributed by atoms with van der Waals surface area (Å²) in [7, 11) is 0. The molecule has 0 saturated heterocycles. The summed E-state index contributed by atoms with van der Waals surface area (Å²) in [5, 5.41) is 4.45. The topological polar surface area (TPSA) is 16.4 Å². The minimum absolute atomic E-state index is 0.150. The molecule has 1 aliphatic rings. The summed E-state index contributed by atoms with van der Waals surface area (Å²) in [5.74, 6) is 0. The van der Waals surface area contributed by atoms with E-state index in [1.54, 1.807) is 0 Å². The van der Waals surface area contributed by atoms with E-state index >= 15 is 0 Å². The van der Waals surface area contributed by atoms with Gasteiger partial charge in [-0.1, -0.05) is 172 Å². The molecule has 0 aliphatic heterocycles. The van der Waals surface area contributed by atoms with E-state index < -0.39 is 0 Å². The molecule has 1 aromatic heterocycles. The maximum absolute atomic E-state index is 6.95. The maximum atomic E-state index is 6.95. The zero-order valence-corrected chi connectivity index (χ0v) is 31.9. The molecule has 2 heteroatoms. The summed E-state index contributed by atoms with van der Waals surface area (Å²) < 4.78 is 6.95. The minimum Gasteiger partial charge on any atom is -0.455 e. The van der Waals surface area contributed by atoms with Crippen LogP contribution in [-0.2, 0) is 5.41 Å². The Bertz CT molecular complexity index is 3150. The Labute approximate surface area is 332 Å². The van der Waals surface area contributed by atoms with E-state index in [1.165, 1.54) is 55.5 Å². The number of fused-ring (bicyclic) bond motifs is 8. The third kappa shape index (κ3) is 5.25. The van der Waals surface area contributed by atoms with Crippen LogP contribution in [0, 0.1) is 0 Å². The Morgan fingerprint density at radius 2 is 1.00 bits per heavy atom. The summed E-state index contributed by atoms with van der Waals surface area (Å²) >= 11 is 0. The molecule has 1 heterocycles. The number of furan rings is 1. The van der Waals surface area contributed by atoms with Gasteiger partial charge in [-0.25, -0.2) is 0 Å². The van der Waals surface area contributed by atoms with Gasteiger partial charge in [0.2, 0.25) is 0 Å². The van der Waals surface area contributed by atoms with Crippen LogP contribution in [0.5, 0.6) is 0 Å². The standard InChI is InChI=1S/C55H39NO/c1-55(2)48-27-13-11-25-43(48)44-32-31-40(34-49(44)55)56(50-28-14-12-23-41(50)37-19-7-4-8-20-37)51-29-16-30-52-53(51)47-35-46(42-24-9-10-26-45(42)54(47)57-52)39-22-15-21-38(33-39)36-17-5-3-6-18-36/h3-35H,1-2H3. The highest BCUT2D eigenvalue weighted by molar-refractivity contribution is 6.22. The predicted molar refractivity (Wildman–Crippen MR) is 240 cm³/mol. The van der Waals surface area contributed by atoms with E-state index in [1.807, 2.05) is 0 Å². The van der Waals surface area contributed by atoms with Crippen LogP contribution in [0.25, 0.3) is 77.2 Å².